The molecule has 5 N–H and O–H groups in total. The molecule has 0 saturated carbocycles. The molecule has 0 aliphatic carbocycles. The van der Waals surface area contributed by atoms with Gasteiger partial charge in [0.2, 0.25) is 0 Å². The fraction of sp³-hybridized carbons (Fsp3) is 0.333. The highest BCUT2D eigenvalue weighted by molar-refractivity contribution is 9.10. The summed E-state index contributed by atoms with van der Waals surface area (Å²) in [6.07, 6.45) is 0. The maximum absolute atomic E-state index is 12.6. The van der Waals surface area contributed by atoms with Crippen LogP contribution in [0.4, 0.5) is 20.2 Å². The van der Waals surface area contributed by atoms with Crippen molar-refractivity contribution in [1.82, 2.24) is 0 Å². The van der Waals surface area contributed by atoms with Gasteiger partial charge in [-0.25, -0.2) is 8.78 Å². The Balaban J connectivity index is 0.000000454. The van der Waals surface area contributed by atoms with Crippen LogP contribution in [0.2, 0.25) is 0 Å². The SMILES string of the molecule is C=C(C)[B]OC(C)(C)C(C)(C)O.C=C(C)c1cc(F)ccc1N.Nc1ccc(F)cc1Br. The Hall–Kier alpha value is -2.16. The van der Waals surface area contributed by atoms with Crippen molar-refractivity contribution < 1.29 is 18.5 Å². The van der Waals surface area contributed by atoms with E-state index in [-0.39, 0.29) is 11.6 Å². The molecule has 0 unspecified atom stereocenters. The summed E-state index contributed by atoms with van der Waals surface area (Å²) in [5.74, 6) is -0.562. The second-order valence-corrected chi connectivity index (χ2v) is 9.18. The number of anilines is 2. The molecule has 2 rings (SSSR count). The van der Waals surface area contributed by atoms with Gasteiger partial charge >= 0.3 is 7.48 Å². The molecule has 0 aromatic heterocycles. The van der Waals surface area contributed by atoms with Crippen molar-refractivity contribution in [2.45, 2.75) is 52.7 Å². The maximum Gasteiger partial charge on any atom is 0.325 e. The van der Waals surface area contributed by atoms with E-state index >= 15 is 0 Å². The number of rotatable bonds is 5. The number of allylic oxidation sites excluding steroid dienone is 2. The normalized spacial score (nSPS) is 10.8. The van der Waals surface area contributed by atoms with Crippen molar-refractivity contribution in [3.05, 3.63) is 76.7 Å². The Labute approximate surface area is 199 Å². The van der Waals surface area contributed by atoms with Gasteiger partial charge in [0, 0.05) is 21.4 Å². The molecule has 0 spiro atoms. The minimum Gasteiger partial charge on any atom is -0.427 e. The van der Waals surface area contributed by atoms with Crippen molar-refractivity contribution in [3.8, 4) is 0 Å². The number of nitrogen functional groups attached to an aromatic ring is 2. The Morgan fingerprint density at radius 2 is 1.44 bits per heavy atom. The first-order valence-corrected chi connectivity index (χ1v) is 10.6. The van der Waals surface area contributed by atoms with Gasteiger partial charge in [0.05, 0.1) is 11.2 Å². The lowest BCUT2D eigenvalue weighted by Crippen LogP contribution is -2.48. The first-order chi connectivity index (χ1) is 14.5. The van der Waals surface area contributed by atoms with Crippen LogP contribution in [-0.4, -0.2) is 23.8 Å². The van der Waals surface area contributed by atoms with Crippen LogP contribution in [0.1, 0.15) is 47.1 Å². The molecule has 8 heteroatoms. The first-order valence-electron chi connectivity index (χ1n) is 9.78. The Morgan fingerprint density at radius 3 is 1.78 bits per heavy atom. The molecule has 0 atom stereocenters. The second-order valence-electron chi connectivity index (χ2n) is 8.33. The van der Waals surface area contributed by atoms with Gasteiger partial charge < -0.3 is 21.2 Å². The van der Waals surface area contributed by atoms with Gasteiger partial charge in [-0.3, -0.25) is 0 Å². The molecule has 0 amide bonds. The van der Waals surface area contributed by atoms with Crippen LogP contribution in [-0.2, 0) is 4.65 Å². The van der Waals surface area contributed by atoms with Crippen LogP contribution in [0.15, 0.2) is 59.5 Å². The minimum atomic E-state index is -0.862. The summed E-state index contributed by atoms with van der Waals surface area (Å²) in [7, 11) is 1.57. The van der Waals surface area contributed by atoms with E-state index in [0.717, 1.165) is 11.0 Å². The van der Waals surface area contributed by atoms with Gasteiger partial charge in [-0.05, 0) is 92.5 Å². The molecule has 2 aromatic carbocycles. The zero-order valence-electron chi connectivity index (χ0n) is 19.6. The predicted molar refractivity (Wildman–Crippen MR) is 136 cm³/mol. The molecule has 1 radical (unpaired) electrons. The van der Waals surface area contributed by atoms with Gasteiger partial charge in [0.1, 0.15) is 11.6 Å². The highest BCUT2D eigenvalue weighted by Crippen LogP contribution is 2.24. The summed E-state index contributed by atoms with van der Waals surface area (Å²) in [6, 6.07) is 8.42. The van der Waals surface area contributed by atoms with E-state index in [1.54, 1.807) is 34.3 Å². The molecule has 4 nitrogen and oxygen atoms in total. The van der Waals surface area contributed by atoms with Crippen LogP contribution in [0.3, 0.4) is 0 Å². The van der Waals surface area contributed by atoms with Crippen LogP contribution in [0, 0.1) is 11.6 Å². The molecule has 175 valence electrons. The highest BCUT2D eigenvalue weighted by Gasteiger charge is 2.35. The lowest BCUT2D eigenvalue weighted by molar-refractivity contribution is -0.0896. The zero-order chi connectivity index (χ0) is 25.3. The quantitative estimate of drug-likeness (QED) is 0.325. The van der Waals surface area contributed by atoms with E-state index in [9.17, 15) is 13.9 Å². The van der Waals surface area contributed by atoms with Crippen LogP contribution in [0.5, 0.6) is 0 Å². The van der Waals surface area contributed by atoms with E-state index in [1.807, 2.05) is 20.8 Å². The molecule has 0 aliphatic rings. The number of nitrogens with two attached hydrogens (primary N) is 2. The molecule has 0 aliphatic heterocycles. The van der Waals surface area contributed by atoms with Crippen molar-refractivity contribution in [3.63, 3.8) is 0 Å². The summed E-state index contributed by atoms with van der Waals surface area (Å²) in [4.78, 5) is 0. The lowest BCUT2D eigenvalue weighted by atomic mass is 9.84. The van der Waals surface area contributed by atoms with Crippen molar-refractivity contribution >= 4 is 40.4 Å². The second kappa shape index (κ2) is 12.8. The van der Waals surface area contributed by atoms with E-state index < -0.39 is 11.2 Å². The monoisotopic (exact) mass is 509 g/mol. The Morgan fingerprint density at radius 1 is 0.969 bits per heavy atom. The minimum absolute atomic E-state index is 0.280. The fourth-order valence-electron chi connectivity index (χ4n) is 1.79. The fourth-order valence-corrected chi connectivity index (χ4v) is 2.14. The average Bonchev–Trinajstić information content (AvgIpc) is 2.65. The number of aliphatic hydroxyl groups is 1. The first kappa shape index (κ1) is 29.8. The third-order valence-corrected chi connectivity index (χ3v) is 5.15. The van der Waals surface area contributed by atoms with Gasteiger partial charge in [-0.15, -0.1) is 6.58 Å². The van der Waals surface area contributed by atoms with Crippen LogP contribution in [0.25, 0.3) is 5.57 Å². The summed E-state index contributed by atoms with van der Waals surface area (Å²) >= 11 is 3.08. The van der Waals surface area contributed by atoms with E-state index in [2.05, 4.69) is 29.1 Å². The van der Waals surface area contributed by atoms with E-state index in [1.165, 1.54) is 30.3 Å². The van der Waals surface area contributed by atoms with E-state index in [0.29, 0.717) is 21.4 Å². The Bertz CT molecular complexity index is 929. The molecule has 32 heavy (non-hydrogen) atoms. The Kier molecular flexibility index (Phi) is 11.9. The number of hydrogen-bond acceptors (Lipinski definition) is 4. The molecular formula is C24H33BBrF2N2O2. The zero-order valence-corrected chi connectivity index (χ0v) is 21.2. The summed E-state index contributed by atoms with van der Waals surface area (Å²) < 4.78 is 30.9. The van der Waals surface area contributed by atoms with Crippen molar-refractivity contribution in [2.24, 2.45) is 0 Å². The number of hydrogen-bond donors (Lipinski definition) is 3. The van der Waals surface area contributed by atoms with Gasteiger partial charge in [0.15, 0.2) is 0 Å². The summed E-state index contributed by atoms with van der Waals surface area (Å²) in [6.45, 7) is 18.1. The molecule has 2 aromatic rings. The van der Waals surface area contributed by atoms with Crippen molar-refractivity contribution in [1.29, 1.82) is 0 Å². The molecule has 0 heterocycles. The third-order valence-electron chi connectivity index (χ3n) is 4.47. The van der Waals surface area contributed by atoms with Gasteiger partial charge in [-0.2, -0.15) is 0 Å². The summed E-state index contributed by atoms with van der Waals surface area (Å²) in [5, 5.41) is 9.68. The van der Waals surface area contributed by atoms with Gasteiger partial charge in [-0.1, -0.05) is 19.0 Å². The van der Waals surface area contributed by atoms with Crippen LogP contribution < -0.4 is 11.5 Å². The standard InChI is InChI=1S/C9H18BO2.C9H10FN.C6H5BrFN/c1-7(2)10-12-9(5,6)8(3,4)11;1-6(2)8-5-7(10)3-4-9(8)11;7-5-3-4(8)1-2-6(5)9/h11H,1H2,2-6H3;3-5H,1,11H2,2H3;1-3H,9H2. The van der Waals surface area contributed by atoms with E-state index in [4.69, 9.17) is 16.1 Å². The molecule has 0 bridgehead atoms. The largest absolute Gasteiger partial charge is 0.427 e. The molecular weight excluding hydrogens is 477 g/mol. The average molecular weight is 510 g/mol. The predicted octanol–water partition coefficient (Wildman–Crippen LogP) is 6.32. The highest BCUT2D eigenvalue weighted by atomic mass is 79.9. The number of benzene rings is 2. The van der Waals surface area contributed by atoms with Crippen molar-refractivity contribution in [2.75, 3.05) is 11.5 Å². The molecule has 0 fully saturated rings. The lowest BCUT2D eigenvalue weighted by Gasteiger charge is -2.37. The maximum atomic E-state index is 12.6. The topological polar surface area (TPSA) is 81.5 Å². The number of halogens is 3. The molecule has 0 saturated heterocycles. The smallest absolute Gasteiger partial charge is 0.325 e. The summed E-state index contributed by atoms with van der Waals surface area (Å²) in [5.41, 5.74) is 12.9. The van der Waals surface area contributed by atoms with Gasteiger partial charge in [0.25, 0.3) is 0 Å². The van der Waals surface area contributed by atoms with Crippen LogP contribution >= 0.6 is 15.9 Å². The third kappa shape index (κ3) is 10.9.